The molecule has 1 aromatic rings. The normalized spacial score (nSPS) is 12.0. The van der Waals surface area contributed by atoms with Crippen molar-refractivity contribution >= 4 is 59.2 Å². The van der Waals surface area contributed by atoms with Crippen LogP contribution in [0.25, 0.3) is 0 Å². The molecule has 0 saturated heterocycles. The molecule has 6 nitrogen and oxygen atoms in total. The number of carbonyl (C=O) groups is 1. The van der Waals surface area contributed by atoms with Gasteiger partial charge in [0, 0.05) is 13.7 Å². The topological polar surface area (TPSA) is 83.9 Å². The molecule has 0 amide bonds. The predicted octanol–water partition coefficient (Wildman–Crippen LogP) is 1.99. The Hall–Kier alpha value is -0.000000000000000333. The highest BCUT2D eigenvalue weighted by molar-refractivity contribution is 9.12. The lowest BCUT2D eigenvalue weighted by Gasteiger charge is -2.19. The number of hydrogen-bond acceptors (Lipinski definition) is 5. The Morgan fingerprint density at radius 3 is 2.58 bits per heavy atom. The standard InChI is InChI=1S/C9H11Br2NO5S2/c1-17-3-2-12(5-8(13)14)19(15,16)6-4-7(10)18-9(6)11/h4H,2-3,5H2,1H3,(H,13,14). The lowest BCUT2D eigenvalue weighted by molar-refractivity contribution is -0.137. The van der Waals surface area contributed by atoms with Crippen molar-refractivity contribution in [2.75, 3.05) is 26.8 Å². The fraction of sp³-hybridized carbons (Fsp3) is 0.444. The number of rotatable bonds is 7. The Labute approximate surface area is 131 Å². The Morgan fingerprint density at radius 2 is 2.16 bits per heavy atom. The first kappa shape index (κ1) is 17.1. The minimum absolute atomic E-state index is 0.0228. The number of carboxylic acids is 1. The van der Waals surface area contributed by atoms with E-state index in [9.17, 15) is 13.2 Å². The molecule has 0 spiro atoms. The summed E-state index contributed by atoms with van der Waals surface area (Å²) in [6, 6.07) is 1.44. The summed E-state index contributed by atoms with van der Waals surface area (Å²) >= 11 is 7.56. The summed E-state index contributed by atoms with van der Waals surface area (Å²) in [5, 5.41) is 8.80. The molecule has 0 saturated carbocycles. The van der Waals surface area contributed by atoms with E-state index in [-0.39, 0.29) is 18.0 Å². The first-order chi connectivity index (χ1) is 8.78. The van der Waals surface area contributed by atoms with Gasteiger partial charge in [0.05, 0.1) is 14.2 Å². The molecule has 0 unspecified atom stereocenters. The summed E-state index contributed by atoms with van der Waals surface area (Å²) in [6.07, 6.45) is 0. The third-order valence-electron chi connectivity index (χ3n) is 2.10. The van der Waals surface area contributed by atoms with Crippen molar-refractivity contribution in [1.29, 1.82) is 0 Å². The van der Waals surface area contributed by atoms with Crippen LogP contribution in [0.1, 0.15) is 0 Å². The summed E-state index contributed by atoms with van der Waals surface area (Å²) in [4.78, 5) is 10.8. The van der Waals surface area contributed by atoms with Crippen LogP contribution >= 0.6 is 43.2 Å². The largest absolute Gasteiger partial charge is 0.480 e. The molecule has 0 radical (unpaired) electrons. The fourth-order valence-electron chi connectivity index (χ4n) is 1.27. The molecule has 10 heteroatoms. The minimum atomic E-state index is -3.87. The Kier molecular flexibility index (Phi) is 6.40. The van der Waals surface area contributed by atoms with Gasteiger partial charge in [-0.15, -0.1) is 11.3 Å². The Bertz CT molecular complexity index is 557. The maximum absolute atomic E-state index is 12.4. The fourth-order valence-corrected chi connectivity index (χ4v) is 6.40. The quantitative estimate of drug-likeness (QED) is 0.706. The molecule has 0 atom stereocenters. The van der Waals surface area contributed by atoms with E-state index < -0.39 is 22.5 Å². The van der Waals surface area contributed by atoms with Gasteiger partial charge >= 0.3 is 5.97 Å². The SMILES string of the molecule is COCCN(CC(=O)O)S(=O)(=O)c1cc(Br)sc1Br. The van der Waals surface area contributed by atoms with Gasteiger partial charge in [0.2, 0.25) is 10.0 Å². The second-order valence-electron chi connectivity index (χ2n) is 3.41. The number of hydrogen-bond donors (Lipinski definition) is 1. The van der Waals surface area contributed by atoms with E-state index in [0.717, 1.165) is 4.31 Å². The molecule has 1 rings (SSSR count). The van der Waals surface area contributed by atoms with E-state index in [2.05, 4.69) is 31.9 Å². The molecule has 0 bridgehead atoms. The highest BCUT2D eigenvalue weighted by Crippen LogP contribution is 2.36. The van der Waals surface area contributed by atoms with Crippen LogP contribution in [0.5, 0.6) is 0 Å². The smallest absolute Gasteiger partial charge is 0.318 e. The van der Waals surface area contributed by atoms with Crippen molar-refractivity contribution in [2.24, 2.45) is 0 Å². The number of carboxylic acid groups (broad SMARTS) is 1. The first-order valence-corrected chi connectivity index (χ1v) is 8.79. The van der Waals surface area contributed by atoms with E-state index in [1.165, 1.54) is 24.5 Å². The van der Waals surface area contributed by atoms with Crippen LogP contribution < -0.4 is 0 Å². The van der Waals surface area contributed by atoms with Crippen molar-refractivity contribution in [3.8, 4) is 0 Å². The third kappa shape index (κ3) is 4.50. The molecular weight excluding hydrogens is 426 g/mol. The van der Waals surface area contributed by atoms with Crippen molar-refractivity contribution in [3.05, 3.63) is 13.6 Å². The van der Waals surface area contributed by atoms with Crippen molar-refractivity contribution in [1.82, 2.24) is 4.31 Å². The summed E-state index contributed by atoms with van der Waals surface area (Å²) in [6.45, 7) is -0.508. The molecule has 108 valence electrons. The number of aliphatic carboxylic acids is 1. The molecule has 1 N–H and O–H groups in total. The van der Waals surface area contributed by atoms with Gasteiger partial charge in [-0.05, 0) is 37.9 Å². The van der Waals surface area contributed by atoms with Crippen molar-refractivity contribution in [3.63, 3.8) is 0 Å². The molecular formula is C9H11Br2NO5S2. The zero-order chi connectivity index (χ0) is 14.6. The molecule has 1 heterocycles. The third-order valence-corrected chi connectivity index (χ3v) is 6.70. The van der Waals surface area contributed by atoms with Gasteiger partial charge < -0.3 is 9.84 Å². The highest BCUT2D eigenvalue weighted by Gasteiger charge is 2.29. The summed E-state index contributed by atoms with van der Waals surface area (Å²) in [5.41, 5.74) is 0. The molecule has 19 heavy (non-hydrogen) atoms. The Balaban J connectivity index is 3.11. The van der Waals surface area contributed by atoms with E-state index in [0.29, 0.717) is 7.57 Å². The number of thiophene rings is 1. The monoisotopic (exact) mass is 435 g/mol. The molecule has 0 aliphatic rings. The van der Waals surface area contributed by atoms with E-state index in [1.807, 2.05) is 0 Å². The summed E-state index contributed by atoms with van der Waals surface area (Å²) in [7, 11) is -2.45. The zero-order valence-electron chi connectivity index (χ0n) is 9.80. The molecule has 0 aliphatic carbocycles. The van der Waals surface area contributed by atoms with Crippen LogP contribution in [0, 0.1) is 0 Å². The van der Waals surface area contributed by atoms with Gasteiger partial charge in [0.1, 0.15) is 11.4 Å². The van der Waals surface area contributed by atoms with E-state index in [1.54, 1.807) is 0 Å². The van der Waals surface area contributed by atoms with Crippen LogP contribution in [-0.2, 0) is 19.6 Å². The molecule has 1 aromatic heterocycles. The molecule has 0 fully saturated rings. The van der Waals surface area contributed by atoms with Gasteiger partial charge in [0.15, 0.2) is 0 Å². The van der Waals surface area contributed by atoms with Crippen LogP contribution in [0.4, 0.5) is 0 Å². The minimum Gasteiger partial charge on any atom is -0.480 e. The van der Waals surface area contributed by atoms with Crippen molar-refractivity contribution < 1.29 is 23.1 Å². The first-order valence-electron chi connectivity index (χ1n) is 4.94. The van der Waals surface area contributed by atoms with Gasteiger partial charge in [-0.3, -0.25) is 4.79 Å². The van der Waals surface area contributed by atoms with E-state index in [4.69, 9.17) is 9.84 Å². The zero-order valence-corrected chi connectivity index (χ0v) is 14.6. The summed E-state index contributed by atoms with van der Waals surface area (Å²) < 4.78 is 31.5. The van der Waals surface area contributed by atoms with Crippen LogP contribution in [0.3, 0.4) is 0 Å². The van der Waals surface area contributed by atoms with Crippen LogP contribution in [0.2, 0.25) is 0 Å². The van der Waals surface area contributed by atoms with Gasteiger partial charge in [-0.1, -0.05) is 0 Å². The van der Waals surface area contributed by atoms with Crippen molar-refractivity contribution in [2.45, 2.75) is 4.90 Å². The average Bonchev–Trinajstić information content (AvgIpc) is 2.63. The van der Waals surface area contributed by atoms with Gasteiger partial charge in [0.25, 0.3) is 0 Å². The van der Waals surface area contributed by atoms with Gasteiger partial charge in [-0.25, -0.2) is 8.42 Å². The Morgan fingerprint density at radius 1 is 1.53 bits per heavy atom. The number of sulfonamides is 1. The number of ether oxygens (including phenoxy) is 1. The second-order valence-corrected chi connectivity index (χ2v) is 9.07. The molecule has 0 aliphatic heterocycles. The number of halogens is 2. The molecule has 0 aromatic carbocycles. The summed E-state index contributed by atoms with van der Waals surface area (Å²) in [5.74, 6) is -1.22. The van der Waals surface area contributed by atoms with E-state index >= 15 is 0 Å². The maximum atomic E-state index is 12.4. The van der Waals surface area contributed by atoms with Gasteiger partial charge in [-0.2, -0.15) is 4.31 Å². The number of nitrogens with zero attached hydrogens (tertiary/aromatic N) is 1. The van der Waals surface area contributed by atoms with Crippen LogP contribution in [0.15, 0.2) is 18.5 Å². The van der Waals surface area contributed by atoms with Crippen LogP contribution in [-0.4, -0.2) is 50.6 Å². The predicted molar refractivity (Wildman–Crippen MR) is 78.0 cm³/mol. The highest BCUT2D eigenvalue weighted by atomic mass is 79.9. The second kappa shape index (κ2) is 7.14. The lowest BCUT2D eigenvalue weighted by Crippen LogP contribution is -2.37. The number of methoxy groups -OCH3 is 1. The average molecular weight is 437 g/mol. The lowest BCUT2D eigenvalue weighted by atomic mass is 10.6. The maximum Gasteiger partial charge on any atom is 0.318 e.